The molecular formula is C29H28O9. The fourth-order valence-electron chi connectivity index (χ4n) is 3.40. The van der Waals surface area contributed by atoms with E-state index in [9.17, 15) is 14.7 Å². The van der Waals surface area contributed by atoms with Gasteiger partial charge in [-0.25, -0.2) is 0 Å². The molecule has 0 aliphatic rings. The molecule has 0 unspecified atom stereocenters. The molecule has 0 amide bonds. The van der Waals surface area contributed by atoms with Gasteiger partial charge in [0.2, 0.25) is 0 Å². The standard InChI is InChI=1S/C10H8O3.C10H10O2.C8H8O3.CH2O/c1-12-9-4-2-3-7-5-8(6-11)13-10(7)9;1-7-6-8-4-3-5-9(11-2)10(8)12-7;1-11-7-4-2-3-6(5-9)8(7)10;1-2/h2-6H,1H3;3-6H,1-2H3;2-5,10H,1H3;1H2. The highest BCUT2D eigenvalue weighted by Crippen LogP contribution is 2.29. The number of aryl methyl sites for hydroxylation is 1. The molecule has 1 N–H and O–H groups in total. The number of phenols is 1. The van der Waals surface area contributed by atoms with Crippen molar-refractivity contribution in [1.82, 2.24) is 0 Å². The van der Waals surface area contributed by atoms with E-state index >= 15 is 0 Å². The molecule has 3 aromatic carbocycles. The van der Waals surface area contributed by atoms with E-state index in [0.29, 0.717) is 35.4 Å². The molecule has 0 radical (unpaired) electrons. The Morgan fingerprint density at radius 2 is 1.21 bits per heavy atom. The van der Waals surface area contributed by atoms with Crippen molar-refractivity contribution >= 4 is 41.3 Å². The summed E-state index contributed by atoms with van der Waals surface area (Å²) >= 11 is 0. The van der Waals surface area contributed by atoms with Crippen LogP contribution >= 0.6 is 0 Å². The summed E-state index contributed by atoms with van der Waals surface area (Å²) in [6, 6.07) is 19.8. The van der Waals surface area contributed by atoms with Crippen LogP contribution in [0.1, 0.15) is 26.7 Å². The number of ether oxygens (including phenoxy) is 3. The summed E-state index contributed by atoms with van der Waals surface area (Å²) in [5, 5.41) is 11.2. The number of phenolic OH excluding ortho intramolecular Hbond substituents is 1. The van der Waals surface area contributed by atoms with Crippen LogP contribution in [0.15, 0.2) is 75.6 Å². The minimum atomic E-state index is -0.106. The number of para-hydroxylation sites is 3. The summed E-state index contributed by atoms with van der Waals surface area (Å²) in [4.78, 5) is 28.7. The van der Waals surface area contributed by atoms with Crippen molar-refractivity contribution in [3.63, 3.8) is 0 Å². The number of benzene rings is 3. The minimum Gasteiger partial charge on any atom is -0.504 e. The Hall–Kier alpha value is -5.05. The lowest BCUT2D eigenvalue weighted by molar-refractivity contribution is -0.0980. The first kappa shape index (κ1) is 29.2. The second-order valence-corrected chi connectivity index (χ2v) is 7.40. The molecule has 198 valence electrons. The number of carbonyl (C=O) groups excluding carboxylic acids is 3. The second kappa shape index (κ2) is 14.5. The van der Waals surface area contributed by atoms with Gasteiger partial charge in [-0.3, -0.25) is 9.59 Å². The predicted octanol–water partition coefficient (Wildman–Crippen LogP) is 6.03. The van der Waals surface area contributed by atoms with E-state index in [-0.39, 0.29) is 11.3 Å². The lowest BCUT2D eigenvalue weighted by Crippen LogP contribution is -1.86. The molecule has 2 heterocycles. The Balaban J connectivity index is 0.000000194. The van der Waals surface area contributed by atoms with Crippen LogP contribution in [-0.2, 0) is 4.79 Å². The van der Waals surface area contributed by atoms with Crippen LogP contribution in [0.2, 0.25) is 0 Å². The average Bonchev–Trinajstić information content (AvgIpc) is 3.57. The lowest BCUT2D eigenvalue weighted by atomic mass is 10.2. The molecule has 0 aliphatic heterocycles. The predicted molar refractivity (Wildman–Crippen MR) is 143 cm³/mol. The molecule has 0 aliphatic carbocycles. The second-order valence-electron chi connectivity index (χ2n) is 7.40. The van der Waals surface area contributed by atoms with Gasteiger partial charge < -0.3 is 32.9 Å². The molecule has 0 bridgehead atoms. The zero-order valence-corrected chi connectivity index (χ0v) is 21.4. The Bertz CT molecular complexity index is 1480. The van der Waals surface area contributed by atoms with Crippen molar-refractivity contribution in [3.8, 4) is 23.0 Å². The van der Waals surface area contributed by atoms with Crippen molar-refractivity contribution in [2.45, 2.75) is 6.92 Å². The lowest BCUT2D eigenvalue weighted by Gasteiger charge is -2.02. The van der Waals surface area contributed by atoms with Crippen LogP contribution in [-0.4, -0.2) is 45.8 Å². The molecule has 0 atom stereocenters. The van der Waals surface area contributed by atoms with Gasteiger partial charge in [-0.2, -0.15) is 0 Å². The van der Waals surface area contributed by atoms with E-state index in [2.05, 4.69) is 0 Å². The summed E-state index contributed by atoms with van der Waals surface area (Å²) in [5.74, 6) is 2.87. The van der Waals surface area contributed by atoms with Crippen LogP contribution in [0.25, 0.3) is 21.9 Å². The average molecular weight is 521 g/mol. The Morgan fingerprint density at radius 3 is 1.74 bits per heavy atom. The van der Waals surface area contributed by atoms with Crippen molar-refractivity contribution in [2.75, 3.05) is 21.3 Å². The SMILES string of the molecule is C=O.COc1cccc(C=O)c1O.COc1cccc2cc(C)oc12.COc1cccc2cc(C=O)oc12. The van der Waals surface area contributed by atoms with Gasteiger partial charge in [0.05, 0.1) is 26.9 Å². The summed E-state index contributed by atoms with van der Waals surface area (Å²) in [6.45, 7) is 3.93. The molecular weight excluding hydrogens is 492 g/mol. The molecule has 38 heavy (non-hydrogen) atoms. The fraction of sp³-hybridized carbons (Fsp3) is 0.138. The molecule has 2 aromatic heterocycles. The maximum Gasteiger partial charge on any atom is 0.185 e. The van der Waals surface area contributed by atoms with E-state index in [0.717, 1.165) is 27.9 Å². The normalized spacial score (nSPS) is 9.58. The number of rotatable bonds is 5. The van der Waals surface area contributed by atoms with Crippen molar-refractivity contribution in [2.24, 2.45) is 0 Å². The van der Waals surface area contributed by atoms with E-state index in [1.54, 1.807) is 38.5 Å². The molecule has 9 nitrogen and oxygen atoms in total. The first-order valence-electron chi connectivity index (χ1n) is 11.1. The maximum absolute atomic E-state index is 10.4. The molecule has 0 saturated carbocycles. The highest BCUT2D eigenvalue weighted by molar-refractivity contribution is 5.88. The quantitative estimate of drug-likeness (QED) is 0.276. The molecule has 9 heteroatoms. The number of carbonyl (C=O) groups is 3. The van der Waals surface area contributed by atoms with E-state index in [1.807, 2.05) is 50.1 Å². The molecule has 5 rings (SSSR count). The number of methoxy groups -OCH3 is 3. The maximum atomic E-state index is 10.4. The summed E-state index contributed by atoms with van der Waals surface area (Å²) < 4.78 is 25.7. The van der Waals surface area contributed by atoms with E-state index in [4.69, 9.17) is 27.8 Å². The zero-order chi connectivity index (χ0) is 28.1. The van der Waals surface area contributed by atoms with Gasteiger partial charge in [-0.05, 0) is 43.3 Å². The highest BCUT2D eigenvalue weighted by atomic mass is 16.5. The highest BCUT2D eigenvalue weighted by Gasteiger charge is 2.07. The van der Waals surface area contributed by atoms with Crippen LogP contribution in [0.4, 0.5) is 0 Å². The molecule has 0 spiro atoms. The van der Waals surface area contributed by atoms with E-state index in [1.165, 1.54) is 13.2 Å². The van der Waals surface area contributed by atoms with Gasteiger partial charge in [-0.15, -0.1) is 0 Å². The number of furan rings is 2. The zero-order valence-electron chi connectivity index (χ0n) is 21.4. The third-order valence-electron chi connectivity index (χ3n) is 5.09. The topological polar surface area (TPSA) is 125 Å². The number of aldehydes is 2. The first-order valence-corrected chi connectivity index (χ1v) is 11.1. The number of hydrogen-bond donors (Lipinski definition) is 1. The third-order valence-corrected chi connectivity index (χ3v) is 5.09. The Labute approximate surface area is 219 Å². The number of hydrogen-bond acceptors (Lipinski definition) is 9. The Morgan fingerprint density at radius 1 is 0.711 bits per heavy atom. The van der Waals surface area contributed by atoms with Gasteiger partial charge in [0.1, 0.15) is 12.5 Å². The monoisotopic (exact) mass is 520 g/mol. The smallest absolute Gasteiger partial charge is 0.185 e. The minimum absolute atomic E-state index is 0.106. The van der Waals surface area contributed by atoms with Gasteiger partial charge in [0.25, 0.3) is 0 Å². The molecule has 0 saturated heterocycles. The first-order chi connectivity index (χ1) is 18.4. The van der Waals surface area contributed by atoms with Crippen molar-refractivity contribution < 1.29 is 42.5 Å². The molecule has 5 aromatic rings. The van der Waals surface area contributed by atoms with Gasteiger partial charge in [-0.1, -0.05) is 30.3 Å². The molecule has 0 fully saturated rings. The number of fused-ring (bicyclic) bond motifs is 2. The Kier molecular flexibility index (Phi) is 11.1. The van der Waals surface area contributed by atoms with Gasteiger partial charge in [0.15, 0.2) is 52.5 Å². The van der Waals surface area contributed by atoms with Crippen LogP contribution in [0.3, 0.4) is 0 Å². The van der Waals surface area contributed by atoms with Crippen molar-refractivity contribution in [1.29, 1.82) is 0 Å². The van der Waals surface area contributed by atoms with Gasteiger partial charge >= 0.3 is 0 Å². The largest absolute Gasteiger partial charge is 0.504 e. The van der Waals surface area contributed by atoms with Crippen LogP contribution < -0.4 is 14.2 Å². The summed E-state index contributed by atoms with van der Waals surface area (Å²) in [7, 11) is 4.65. The summed E-state index contributed by atoms with van der Waals surface area (Å²) in [5.41, 5.74) is 1.69. The van der Waals surface area contributed by atoms with Crippen LogP contribution in [0.5, 0.6) is 23.0 Å². The van der Waals surface area contributed by atoms with Crippen LogP contribution in [0, 0.1) is 6.92 Å². The third kappa shape index (κ3) is 7.01. The summed E-state index contributed by atoms with van der Waals surface area (Å²) in [6.07, 6.45) is 1.26. The fourth-order valence-corrected chi connectivity index (χ4v) is 3.40. The van der Waals surface area contributed by atoms with Gasteiger partial charge in [0, 0.05) is 10.8 Å². The van der Waals surface area contributed by atoms with E-state index < -0.39 is 0 Å². The number of aromatic hydroxyl groups is 1. The van der Waals surface area contributed by atoms with Crippen molar-refractivity contribution in [3.05, 3.63) is 83.8 Å².